The van der Waals surface area contributed by atoms with E-state index in [1.807, 2.05) is 0 Å². The average Bonchev–Trinajstić information content (AvgIpc) is 2.27. The van der Waals surface area contributed by atoms with E-state index < -0.39 is 5.76 Å². The van der Waals surface area contributed by atoms with Gasteiger partial charge in [-0.05, 0) is 12.1 Å². The molecule has 11 heavy (non-hydrogen) atoms. The highest BCUT2D eigenvalue weighted by Crippen LogP contribution is 2.14. The van der Waals surface area contributed by atoms with Crippen LogP contribution in [0, 0.1) is 6.07 Å². The van der Waals surface area contributed by atoms with Gasteiger partial charge in [0.1, 0.15) is 0 Å². The van der Waals surface area contributed by atoms with E-state index in [1.54, 1.807) is 6.07 Å². The molecule has 2 rings (SSSR count). The zero-order valence-electron chi connectivity index (χ0n) is 5.35. The largest absolute Gasteiger partial charge is 0.417 e. The van der Waals surface area contributed by atoms with Crippen LogP contribution in [0.4, 0.5) is 0 Å². The lowest BCUT2D eigenvalue weighted by Gasteiger charge is -1.85. The molecule has 3 nitrogen and oxygen atoms in total. The first-order chi connectivity index (χ1) is 5.25. The van der Waals surface area contributed by atoms with Crippen LogP contribution in [0.2, 0.25) is 5.02 Å². The summed E-state index contributed by atoms with van der Waals surface area (Å²) >= 11 is 5.61. The van der Waals surface area contributed by atoms with E-state index in [2.05, 4.69) is 11.1 Å². The topological polar surface area (TPSA) is 46.0 Å². The maximum absolute atomic E-state index is 10.6. The second-order valence-electron chi connectivity index (χ2n) is 2.07. The summed E-state index contributed by atoms with van der Waals surface area (Å²) in [6.07, 6.45) is 0. The van der Waals surface area contributed by atoms with Gasteiger partial charge < -0.3 is 4.42 Å². The third kappa shape index (κ3) is 1.03. The Labute approximate surface area is 66.6 Å². The van der Waals surface area contributed by atoms with Crippen LogP contribution in [0.1, 0.15) is 0 Å². The molecule has 0 bridgehead atoms. The molecule has 0 saturated carbocycles. The first kappa shape index (κ1) is 6.49. The molecule has 2 aromatic rings. The van der Waals surface area contributed by atoms with Crippen molar-refractivity contribution in [1.82, 2.24) is 4.98 Å². The van der Waals surface area contributed by atoms with E-state index in [1.165, 1.54) is 6.07 Å². The van der Waals surface area contributed by atoms with Crippen molar-refractivity contribution in [3.05, 3.63) is 33.8 Å². The highest BCUT2D eigenvalue weighted by Gasteiger charge is 1.99. The van der Waals surface area contributed by atoms with Crippen molar-refractivity contribution >= 4 is 22.7 Å². The Balaban J connectivity index is 2.92. The second-order valence-corrected chi connectivity index (χ2v) is 2.48. The molecule has 1 aromatic heterocycles. The molecule has 1 radical (unpaired) electrons. The van der Waals surface area contributed by atoms with Gasteiger partial charge in [0.25, 0.3) is 0 Å². The third-order valence-electron chi connectivity index (χ3n) is 1.32. The van der Waals surface area contributed by atoms with Crippen LogP contribution in [0.15, 0.2) is 21.3 Å². The molecule has 0 saturated heterocycles. The number of H-pyrrole nitrogens is 1. The zero-order valence-corrected chi connectivity index (χ0v) is 6.11. The van der Waals surface area contributed by atoms with Gasteiger partial charge in [-0.15, -0.1) is 0 Å². The van der Waals surface area contributed by atoms with Crippen molar-refractivity contribution < 1.29 is 4.42 Å². The molecule has 0 fully saturated rings. The van der Waals surface area contributed by atoms with Crippen molar-refractivity contribution in [2.75, 3.05) is 0 Å². The van der Waals surface area contributed by atoms with Crippen LogP contribution in [0.25, 0.3) is 11.1 Å². The second kappa shape index (κ2) is 2.13. The van der Waals surface area contributed by atoms with Crippen LogP contribution >= 0.6 is 11.6 Å². The Morgan fingerprint density at radius 2 is 2.45 bits per heavy atom. The SMILES string of the molecule is O=c1[nH]c2cc(Cl)[c]cc2o1. The molecule has 0 aliphatic carbocycles. The number of hydrogen-bond donors (Lipinski definition) is 1. The summed E-state index contributed by atoms with van der Waals surface area (Å²) < 4.78 is 4.72. The monoisotopic (exact) mass is 168 g/mol. The molecule has 0 amide bonds. The Morgan fingerprint density at radius 1 is 1.64 bits per heavy atom. The van der Waals surface area contributed by atoms with Gasteiger partial charge in [0.15, 0.2) is 5.58 Å². The van der Waals surface area contributed by atoms with Gasteiger partial charge in [-0.2, -0.15) is 0 Å². The van der Waals surface area contributed by atoms with E-state index in [-0.39, 0.29) is 0 Å². The fraction of sp³-hybridized carbons (Fsp3) is 0. The number of halogens is 1. The lowest BCUT2D eigenvalue weighted by molar-refractivity contribution is 0.555. The number of rotatable bonds is 0. The molecular weight excluding hydrogens is 166 g/mol. The maximum atomic E-state index is 10.6. The van der Waals surface area contributed by atoms with E-state index >= 15 is 0 Å². The first-order valence-corrected chi connectivity index (χ1v) is 3.33. The average molecular weight is 169 g/mol. The normalized spacial score (nSPS) is 10.6. The predicted molar refractivity (Wildman–Crippen MR) is 40.7 cm³/mol. The standard InChI is InChI=1S/C7H3ClNO2/c8-4-1-2-6-5(3-4)9-7(10)11-6/h2-3H,(H,9,10). The van der Waals surface area contributed by atoms with Crippen LogP contribution in [-0.4, -0.2) is 4.98 Å². The summed E-state index contributed by atoms with van der Waals surface area (Å²) in [5.74, 6) is -0.476. The van der Waals surface area contributed by atoms with Gasteiger partial charge in [0, 0.05) is 6.07 Å². The minimum absolute atomic E-state index is 0.453. The van der Waals surface area contributed by atoms with E-state index in [0.717, 1.165) is 0 Å². The fourth-order valence-electron chi connectivity index (χ4n) is 0.869. The lowest BCUT2D eigenvalue weighted by atomic mass is 10.3. The molecule has 0 unspecified atom stereocenters. The van der Waals surface area contributed by atoms with Crippen molar-refractivity contribution in [3.8, 4) is 0 Å². The molecule has 0 aliphatic rings. The van der Waals surface area contributed by atoms with Crippen LogP contribution in [-0.2, 0) is 0 Å². The Bertz CT molecular complexity index is 443. The molecular formula is C7H3ClNO2. The van der Waals surface area contributed by atoms with Gasteiger partial charge in [-0.1, -0.05) is 11.6 Å². The van der Waals surface area contributed by atoms with Crippen molar-refractivity contribution in [2.24, 2.45) is 0 Å². The van der Waals surface area contributed by atoms with E-state index in [9.17, 15) is 4.79 Å². The molecule has 0 aliphatic heterocycles. The zero-order chi connectivity index (χ0) is 7.84. The van der Waals surface area contributed by atoms with E-state index in [4.69, 9.17) is 16.0 Å². The Hall–Kier alpha value is -1.22. The summed E-state index contributed by atoms with van der Waals surface area (Å²) in [6, 6.07) is 5.81. The number of oxazole rings is 1. The molecule has 0 spiro atoms. The van der Waals surface area contributed by atoms with Gasteiger partial charge in [-0.3, -0.25) is 4.98 Å². The summed E-state index contributed by atoms with van der Waals surface area (Å²) in [7, 11) is 0. The van der Waals surface area contributed by atoms with Crippen molar-refractivity contribution in [1.29, 1.82) is 0 Å². The summed E-state index contributed by atoms with van der Waals surface area (Å²) in [4.78, 5) is 13.1. The molecule has 4 heteroatoms. The van der Waals surface area contributed by atoms with Crippen LogP contribution in [0.5, 0.6) is 0 Å². The lowest BCUT2D eigenvalue weighted by Crippen LogP contribution is -1.92. The number of aromatic amines is 1. The van der Waals surface area contributed by atoms with Crippen molar-refractivity contribution in [2.45, 2.75) is 0 Å². The molecule has 1 aromatic carbocycles. The van der Waals surface area contributed by atoms with Crippen LogP contribution < -0.4 is 5.76 Å². The fourth-order valence-corrected chi connectivity index (χ4v) is 1.03. The number of aromatic nitrogens is 1. The summed E-state index contributed by atoms with van der Waals surface area (Å²) in [5, 5.41) is 0.453. The van der Waals surface area contributed by atoms with Gasteiger partial charge in [0.2, 0.25) is 0 Å². The molecule has 1 N–H and O–H groups in total. The van der Waals surface area contributed by atoms with Crippen molar-refractivity contribution in [3.63, 3.8) is 0 Å². The molecule has 0 atom stereocenters. The number of hydrogen-bond acceptors (Lipinski definition) is 2. The quantitative estimate of drug-likeness (QED) is 0.649. The number of fused-ring (bicyclic) bond motifs is 1. The predicted octanol–water partition coefficient (Wildman–Crippen LogP) is 1.57. The van der Waals surface area contributed by atoms with Gasteiger partial charge in [-0.25, -0.2) is 4.79 Å². The number of benzene rings is 1. The van der Waals surface area contributed by atoms with E-state index in [0.29, 0.717) is 16.1 Å². The highest BCUT2D eigenvalue weighted by atomic mass is 35.5. The molecule has 55 valence electrons. The summed E-state index contributed by atoms with van der Waals surface area (Å²) in [5.41, 5.74) is 1.07. The Kier molecular flexibility index (Phi) is 1.26. The minimum Gasteiger partial charge on any atom is -0.408 e. The van der Waals surface area contributed by atoms with Gasteiger partial charge >= 0.3 is 5.76 Å². The molecule has 1 heterocycles. The maximum Gasteiger partial charge on any atom is 0.417 e. The smallest absolute Gasteiger partial charge is 0.408 e. The minimum atomic E-state index is -0.476. The van der Waals surface area contributed by atoms with Gasteiger partial charge in [0.05, 0.1) is 10.5 Å². The van der Waals surface area contributed by atoms with Crippen LogP contribution in [0.3, 0.4) is 0 Å². The highest BCUT2D eigenvalue weighted by molar-refractivity contribution is 6.31. The first-order valence-electron chi connectivity index (χ1n) is 2.96. The Morgan fingerprint density at radius 3 is 3.27 bits per heavy atom. The summed E-state index contributed by atoms with van der Waals surface area (Å²) in [6.45, 7) is 0. The third-order valence-corrected chi connectivity index (χ3v) is 1.54. The number of nitrogens with one attached hydrogen (secondary N) is 1.